The van der Waals surface area contributed by atoms with Gasteiger partial charge in [-0.25, -0.2) is 0 Å². The summed E-state index contributed by atoms with van der Waals surface area (Å²) in [7, 11) is 0. The summed E-state index contributed by atoms with van der Waals surface area (Å²) in [5, 5.41) is 0. The fraction of sp³-hybridized carbons (Fsp3) is 0.300. The number of ether oxygens (including phenoxy) is 2. The van der Waals surface area contributed by atoms with Crippen molar-refractivity contribution in [1.82, 2.24) is 0 Å². The molecule has 0 aliphatic carbocycles. The number of rotatable bonds is 3. The molecule has 0 aromatic heterocycles. The van der Waals surface area contributed by atoms with E-state index in [9.17, 15) is 4.79 Å². The molecule has 0 saturated heterocycles. The molecule has 0 fully saturated rings. The minimum absolute atomic E-state index is 0.207. The third-order valence-electron chi connectivity index (χ3n) is 2.28. The van der Waals surface area contributed by atoms with Gasteiger partial charge in [0.05, 0.1) is 6.04 Å². The Morgan fingerprint density at radius 2 is 2.27 bits per heavy atom. The Balaban J connectivity index is 2.22. The smallest absolute Gasteiger partial charge is 0.234 e. The summed E-state index contributed by atoms with van der Waals surface area (Å²) in [6.07, 6.45) is 0.363. The van der Waals surface area contributed by atoms with E-state index in [1.54, 1.807) is 0 Å². The Kier molecular flexibility index (Phi) is 2.47. The molecule has 4 N–H and O–H groups in total. The van der Waals surface area contributed by atoms with Gasteiger partial charge >= 0.3 is 0 Å². The Labute approximate surface area is 87.0 Å². The Hall–Kier alpha value is -1.75. The van der Waals surface area contributed by atoms with E-state index in [1.807, 2.05) is 18.2 Å². The first-order valence-corrected chi connectivity index (χ1v) is 4.61. The molecule has 1 aromatic rings. The van der Waals surface area contributed by atoms with Gasteiger partial charge in [0.1, 0.15) is 0 Å². The van der Waals surface area contributed by atoms with Gasteiger partial charge in [0, 0.05) is 12.0 Å². The van der Waals surface area contributed by atoms with Gasteiger partial charge in [-0.15, -0.1) is 0 Å². The molecule has 80 valence electrons. The average Bonchev–Trinajstić information content (AvgIpc) is 2.66. The van der Waals surface area contributed by atoms with Crippen molar-refractivity contribution >= 4 is 5.91 Å². The van der Waals surface area contributed by atoms with Gasteiger partial charge < -0.3 is 20.9 Å². The van der Waals surface area contributed by atoms with Crippen LogP contribution in [0.5, 0.6) is 11.5 Å². The van der Waals surface area contributed by atoms with E-state index in [0.29, 0.717) is 17.9 Å². The second-order valence-electron chi connectivity index (χ2n) is 3.36. The number of primary amides is 1. The molecule has 0 unspecified atom stereocenters. The highest BCUT2D eigenvalue weighted by Gasteiger charge is 2.20. The first-order valence-electron chi connectivity index (χ1n) is 4.61. The van der Waals surface area contributed by atoms with Gasteiger partial charge in [0.2, 0.25) is 12.7 Å². The minimum atomic E-state index is -0.694. The largest absolute Gasteiger partial charge is 0.454 e. The second-order valence-corrected chi connectivity index (χ2v) is 3.36. The van der Waals surface area contributed by atoms with Crippen LogP contribution in [0, 0.1) is 0 Å². The minimum Gasteiger partial charge on any atom is -0.454 e. The van der Waals surface area contributed by atoms with Crippen molar-refractivity contribution in [2.75, 3.05) is 6.79 Å². The van der Waals surface area contributed by atoms with Gasteiger partial charge in [-0.1, -0.05) is 12.1 Å². The van der Waals surface area contributed by atoms with E-state index in [2.05, 4.69) is 0 Å². The van der Waals surface area contributed by atoms with Crippen LogP contribution in [0.2, 0.25) is 0 Å². The summed E-state index contributed by atoms with van der Waals surface area (Å²) in [6, 6.07) is 4.79. The predicted molar refractivity (Wildman–Crippen MR) is 53.4 cm³/mol. The molecule has 1 heterocycles. The molecular formula is C10H12N2O3. The molecule has 0 saturated carbocycles. The van der Waals surface area contributed by atoms with E-state index < -0.39 is 11.9 Å². The van der Waals surface area contributed by atoms with Crippen molar-refractivity contribution in [3.8, 4) is 11.5 Å². The standard InChI is InChI=1S/C10H12N2O3/c11-7(10(12)13)4-6-2-1-3-8-9(6)15-5-14-8/h1-3,7H,4-5,11H2,(H2,12,13)/t7-/m0/s1. The highest BCUT2D eigenvalue weighted by Crippen LogP contribution is 2.35. The number of nitrogens with two attached hydrogens (primary N) is 2. The van der Waals surface area contributed by atoms with Gasteiger partial charge in [0.25, 0.3) is 0 Å². The van der Waals surface area contributed by atoms with Crippen LogP contribution >= 0.6 is 0 Å². The van der Waals surface area contributed by atoms with Crippen molar-refractivity contribution in [2.24, 2.45) is 11.5 Å². The molecule has 0 bridgehead atoms. The third kappa shape index (κ3) is 1.87. The lowest BCUT2D eigenvalue weighted by Gasteiger charge is -2.09. The third-order valence-corrected chi connectivity index (χ3v) is 2.28. The number of fused-ring (bicyclic) bond motifs is 1. The molecule has 1 aliphatic rings. The highest BCUT2D eigenvalue weighted by molar-refractivity contribution is 5.80. The maximum Gasteiger partial charge on any atom is 0.234 e. The van der Waals surface area contributed by atoms with Crippen molar-refractivity contribution in [2.45, 2.75) is 12.5 Å². The summed E-state index contributed by atoms with van der Waals surface area (Å²) < 4.78 is 10.5. The quantitative estimate of drug-likeness (QED) is 0.718. The summed E-state index contributed by atoms with van der Waals surface area (Å²) in [5.74, 6) is 0.824. The van der Waals surface area contributed by atoms with E-state index in [4.69, 9.17) is 20.9 Å². The maximum atomic E-state index is 10.8. The van der Waals surface area contributed by atoms with Crippen LogP contribution < -0.4 is 20.9 Å². The van der Waals surface area contributed by atoms with Gasteiger partial charge in [0.15, 0.2) is 11.5 Å². The SMILES string of the molecule is NC(=O)[C@@H](N)Cc1cccc2c1OCO2. The number of carbonyl (C=O) groups excluding carboxylic acids is 1. The van der Waals surface area contributed by atoms with Crippen LogP contribution in [0.1, 0.15) is 5.56 Å². The summed E-state index contributed by atoms with van der Waals surface area (Å²) in [5.41, 5.74) is 11.5. The molecule has 0 spiro atoms. The number of benzene rings is 1. The van der Waals surface area contributed by atoms with E-state index >= 15 is 0 Å². The average molecular weight is 208 g/mol. The van der Waals surface area contributed by atoms with Crippen LogP contribution in [0.25, 0.3) is 0 Å². The molecule has 5 heteroatoms. The summed E-state index contributed by atoms with van der Waals surface area (Å²) in [6.45, 7) is 0.207. The van der Waals surface area contributed by atoms with Gasteiger partial charge in [-0.3, -0.25) is 4.79 Å². The molecule has 2 rings (SSSR count). The van der Waals surface area contributed by atoms with Crippen molar-refractivity contribution in [3.63, 3.8) is 0 Å². The topological polar surface area (TPSA) is 87.6 Å². The van der Waals surface area contributed by atoms with Crippen molar-refractivity contribution < 1.29 is 14.3 Å². The zero-order valence-electron chi connectivity index (χ0n) is 8.10. The van der Waals surface area contributed by atoms with Crippen molar-refractivity contribution in [1.29, 1.82) is 0 Å². The number of amides is 1. The van der Waals surface area contributed by atoms with Crippen LogP contribution in [0.3, 0.4) is 0 Å². The Bertz CT molecular complexity index is 392. The number of para-hydroxylation sites is 1. The Morgan fingerprint density at radius 3 is 3.00 bits per heavy atom. The number of hydrogen-bond acceptors (Lipinski definition) is 4. The lowest BCUT2D eigenvalue weighted by atomic mass is 10.0. The van der Waals surface area contributed by atoms with Gasteiger partial charge in [-0.2, -0.15) is 0 Å². The molecule has 1 atom stereocenters. The predicted octanol–water partition coefficient (Wildman–Crippen LogP) is -0.230. The molecule has 0 radical (unpaired) electrons. The first-order chi connectivity index (χ1) is 7.18. The summed E-state index contributed by atoms with van der Waals surface area (Å²) >= 11 is 0. The van der Waals surface area contributed by atoms with E-state index in [-0.39, 0.29) is 6.79 Å². The van der Waals surface area contributed by atoms with Crippen LogP contribution in [0.4, 0.5) is 0 Å². The number of hydrogen-bond donors (Lipinski definition) is 2. The van der Waals surface area contributed by atoms with E-state index in [1.165, 1.54) is 0 Å². The maximum absolute atomic E-state index is 10.8. The Morgan fingerprint density at radius 1 is 1.47 bits per heavy atom. The van der Waals surface area contributed by atoms with Crippen molar-refractivity contribution in [3.05, 3.63) is 23.8 Å². The fourth-order valence-electron chi connectivity index (χ4n) is 1.49. The normalized spacial score (nSPS) is 15.0. The first kappa shape index (κ1) is 9.79. The van der Waals surface area contributed by atoms with Crippen LogP contribution in [-0.4, -0.2) is 18.7 Å². The molecule has 1 aromatic carbocycles. The summed E-state index contributed by atoms with van der Waals surface area (Å²) in [4.78, 5) is 10.8. The molecule has 15 heavy (non-hydrogen) atoms. The lowest BCUT2D eigenvalue weighted by molar-refractivity contribution is -0.119. The van der Waals surface area contributed by atoms with Gasteiger partial charge in [-0.05, 0) is 6.07 Å². The lowest BCUT2D eigenvalue weighted by Crippen LogP contribution is -2.38. The molecular weight excluding hydrogens is 196 g/mol. The fourth-order valence-corrected chi connectivity index (χ4v) is 1.49. The zero-order chi connectivity index (χ0) is 10.8. The van der Waals surface area contributed by atoms with Crippen LogP contribution in [0.15, 0.2) is 18.2 Å². The monoisotopic (exact) mass is 208 g/mol. The number of carbonyl (C=O) groups is 1. The van der Waals surface area contributed by atoms with Crippen LogP contribution in [-0.2, 0) is 11.2 Å². The van der Waals surface area contributed by atoms with E-state index in [0.717, 1.165) is 5.56 Å². The highest BCUT2D eigenvalue weighted by atomic mass is 16.7. The molecule has 1 aliphatic heterocycles. The molecule has 5 nitrogen and oxygen atoms in total. The molecule has 1 amide bonds. The second kappa shape index (κ2) is 3.78. The zero-order valence-corrected chi connectivity index (χ0v) is 8.10.